The first-order valence-corrected chi connectivity index (χ1v) is 13.8. The third-order valence-electron chi connectivity index (χ3n) is 6.20. The summed E-state index contributed by atoms with van der Waals surface area (Å²) < 4.78 is 2.95. The zero-order valence-electron chi connectivity index (χ0n) is 20.6. The maximum Gasteiger partial charge on any atom is 0.221 e. The molecule has 1 N–H and O–H groups in total. The highest BCUT2D eigenvalue weighted by molar-refractivity contribution is 9.10. The van der Waals surface area contributed by atoms with Crippen LogP contribution in [0.2, 0.25) is 0 Å². The van der Waals surface area contributed by atoms with Crippen molar-refractivity contribution in [2.75, 3.05) is 6.54 Å². The maximum atomic E-state index is 12.0. The number of aryl methyl sites for hydroxylation is 2. The van der Waals surface area contributed by atoms with Crippen molar-refractivity contribution in [3.8, 4) is 0 Å². The van der Waals surface area contributed by atoms with Gasteiger partial charge in [0.2, 0.25) is 5.91 Å². The van der Waals surface area contributed by atoms with Crippen LogP contribution in [0.5, 0.6) is 0 Å². The normalized spacial score (nSPS) is 11.2. The van der Waals surface area contributed by atoms with Gasteiger partial charge in [0.05, 0.1) is 16.7 Å². The van der Waals surface area contributed by atoms with E-state index in [1.54, 1.807) is 0 Å². The number of amides is 1. The summed E-state index contributed by atoms with van der Waals surface area (Å²) in [5.74, 6) is 0.129. The predicted molar refractivity (Wildman–Crippen MR) is 137 cm³/mol. The summed E-state index contributed by atoms with van der Waals surface area (Å²) in [6, 6.07) is 0. The molecule has 180 valence electrons. The van der Waals surface area contributed by atoms with Crippen LogP contribution < -0.4 is 5.32 Å². The molecular weight excluding hydrogens is 450 g/mol. The lowest BCUT2D eigenvalue weighted by Crippen LogP contribution is -2.25. The molecule has 0 aliphatic carbocycles. The van der Waals surface area contributed by atoms with Gasteiger partial charge >= 0.3 is 0 Å². The number of nitrogens with zero attached hydrogens (tertiary/aromatic N) is 2. The SMILES string of the molecule is CCCCCCCCCCCCCCCCCCNC(=O)CCn1nc(C)c(Br)c1C. The first kappa shape index (κ1) is 28.2. The zero-order chi connectivity index (χ0) is 22.7. The number of hydrogen-bond acceptors (Lipinski definition) is 2. The lowest BCUT2D eigenvalue weighted by molar-refractivity contribution is -0.121. The molecule has 1 aromatic rings. The fourth-order valence-corrected chi connectivity index (χ4v) is 4.37. The van der Waals surface area contributed by atoms with Crippen molar-refractivity contribution in [3.05, 3.63) is 15.9 Å². The summed E-state index contributed by atoms with van der Waals surface area (Å²) in [6.45, 7) is 7.73. The highest BCUT2D eigenvalue weighted by Gasteiger charge is 2.09. The van der Waals surface area contributed by atoms with Gasteiger partial charge in [-0.15, -0.1) is 0 Å². The molecule has 0 bridgehead atoms. The van der Waals surface area contributed by atoms with E-state index >= 15 is 0 Å². The Labute approximate surface area is 200 Å². The molecule has 0 saturated heterocycles. The Morgan fingerprint density at radius 1 is 0.806 bits per heavy atom. The van der Waals surface area contributed by atoms with Crippen molar-refractivity contribution in [2.24, 2.45) is 0 Å². The van der Waals surface area contributed by atoms with Gasteiger partial charge in [0, 0.05) is 18.7 Å². The molecule has 0 aliphatic rings. The van der Waals surface area contributed by atoms with Crippen LogP contribution in [0.4, 0.5) is 0 Å². The molecule has 1 amide bonds. The average Bonchev–Trinajstić information content (AvgIpc) is 3.01. The number of halogens is 1. The molecule has 0 saturated carbocycles. The molecular formula is C26H48BrN3O. The van der Waals surface area contributed by atoms with Gasteiger partial charge in [-0.25, -0.2) is 0 Å². The quantitative estimate of drug-likeness (QED) is 0.185. The van der Waals surface area contributed by atoms with Crippen LogP contribution in [-0.4, -0.2) is 22.2 Å². The van der Waals surface area contributed by atoms with Crippen LogP contribution in [0, 0.1) is 13.8 Å². The van der Waals surface area contributed by atoms with Crippen LogP contribution in [0.15, 0.2) is 4.47 Å². The lowest BCUT2D eigenvalue weighted by atomic mass is 10.0. The average molecular weight is 499 g/mol. The van der Waals surface area contributed by atoms with Crippen LogP contribution in [-0.2, 0) is 11.3 Å². The van der Waals surface area contributed by atoms with Crippen molar-refractivity contribution in [3.63, 3.8) is 0 Å². The molecule has 1 heterocycles. The zero-order valence-corrected chi connectivity index (χ0v) is 22.2. The molecule has 0 aromatic carbocycles. The molecule has 5 heteroatoms. The van der Waals surface area contributed by atoms with E-state index in [0.717, 1.165) is 28.8 Å². The summed E-state index contributed by atoms with van der Waals surface area (Å²) in [6.07, 6.45) is 22.5. The van der Waals surface area contributed by atoms with Crippen molar-refractivity contribution >= 4 is 21.8 Å². The van der Waals surface area contributed by atoms with Gasteiger partial charge < -0.3 is 5.32 Å². The summed E-state index contributed by atoms with van der Waals surface area (Å²) in [5.41, 5.74) is 2.06. The fourth-order valence-electron chi connectivity index (χ4n) is 4.09. The Bertz CT molecular complexity index is 585. The third-order valence-corrected chi connectivity index (χ3v) is 7.34. The highest BCUT2D eigenvalue weighted by atomic mass is 79.9. The molecule has 4 nitrogen and oxygen atoms in total. The standard InChI is InChI=1S/C26H48BrN3O/c1-4-5-6-7-8-9-10-11-12-13-14-15-16-17-18-19-21-28-25(31)20-22-30-24(3)26(27)23(2)29-30/h4-22H2,1-3H3,(H,28,31). The van der Waals surface area contributed by atoms with Crippen LogP contribution in [0.3, 0.4) is 0 Å². The van der Waals surface area contributed by atoms with Gasteiger partial charge in [-0.05, 0) is 36.2 Å². The van der Waals surface area contributed by atoms with Gasteiger partial charge in [-0.2, -0.15) is 5.10 Å². The number of aromatic nitrogens is 2. The smallest absolute Gasteiger partial charge is 0.221 e. The van der Waals surface area contributed by atoms with Crippen LogP contribution in [0.1, 0.15) is 127 Å². The first-order chi connectivity index (χ1) is 15.1. The minimum atomic E-state index is 0.129. The molecule has 0 fully saturated rings. The molecule has 0 spiro atoms. The fraction of sp³-hybridized carbons (Fsp3) is 0.846. The molecule has 0 radical (unpaired) electrons. The molecule has 31 heavy (non-hydrogen) atoms. The van der Waals surface area contributed by atoms with Crippen molar-refractivity contribution in [1.29, 1.82) is 0 Å². The summed E-state index contributed by atoms with van der Waals surface area (Å²) in [7, 11) is 0. The Morgan fingerprint density at radius 2 is 1.26 bits per heavy atom. The lowest BCUT2D eigenvalue weighted by Gasteiger charge is -2.07. The van der Waals surface area contributed by atoms with E-state index in [0.29, 0.717) is 13.0 Å². The Hall–Kier alpha value is -0.840. The molecule has 1 rings (SSSR count). The Morgan fingerprint density at radius 3 is 1.68 bits per heavy atom. The van der Waals surface area contributed by atoms with Gasteiger partial charge in [-0.3, -0.25) is 9.48 Å². The van der Waals surface area contributed by atoms with Gasteiger partial charge in [0.15, 0.2) is 0 Å². The number of nitrogens with one attached hydrogen (secondary N) is 1. The molecule has 1 aromatic heterocycles. The third kappa shape index (κ3) is 14.0. The van der Waals surface area contributed by atoms with Crippen molar-refractivity contribution in [1.82, 2.24) is 15.1 Å². The van der Waals surface area contributed by atoms with E-state index in [9.17, 15) is 4.79 Å². The van der Waals surface area contributed by atoms with Gasteiger partial charge in [0.1, 0.15) is 0 Å². The van der Waals surface area contributed by atoms with E-state index in [4.69, 9.17) is 0 Å². The monoisotopic (exact) mass is 497 g/mol. The second kappa shape index (κ2) is 18.7. The number of unbranched alkanes of at least 4 members (excludes halogenated alkanes) is 15. The van der Waals surface area contributed by atoms with Crippen molar-refractivity contribution in [2.45, 2.75) is 136 Å². The maximum absolute atomic E-state index is 12.0. The second-order valence-corrected chi connectivity index (χ2v) is 9.90. The van der Waals surface area contributed by atoms with Gasteiger partial charge in [0.25, 0.3) is 0 Å². The van der Waals surface area contributed by atoms with E-state index < -0.39 is 0 Å². The largest absolute Gasteiger partial charge is 0.356 e. The molecule has 0 aliphatic heterocycles. The number of carbonyl (C=O) groups is 1. The molecule has 0 unspecified atom stereocenters. The summed E-state index contributed by atoms with van der Waals surface area (Å²) in [5, 5.41) is 7.51. The van der Waals surface area contributed by atoms with E-state index in [-0.39, 0.29) is 5.91 Å². The van der Waals surface area contributed by atoms with Crippen LogP contribution in [0.25, 0.3) is 0 Å². The summed E-state index contributed by atoms with van der Waals surface area (Å²) in [4.78, 5) is 12.0. The Balaban J connectivity index is 1.82. The predicted octanol–water partition coefficient (Wildman–Crippen LogP) is 8.03. The van der Waals surface area contributed by atoms with E-state index in [2.05, 4.69) is 33.3 Å². The number of carbonyl (C=O) groups excluding carboxylic acids is 1. The van der Waals surface area contributed by atoms with Gasteiger partial charge in [-0.1, -0.05) is 103 Å². The van der Waals surface area contributed by atoms with Crippen molar-refractivity contribution < 1.29 is 4.79 Å². The highest BCUT2D eigenvalue weighted by Crippen LogP contribution is 2.19. The molecule has 0 atom stereocenters. The number of hydrogen-bond donors (Lipinski definition) is 1. The first-order valence-electron chi connectivity index (χ1n) is 13.0. The topological polar surface area (TPSA) is 46.9 Å². The minimum Gasteiger partial charge on any atom is -0.356 e. The minimum absolute atomic E-state index is 0.129. The van der Waals surface area contributed by atoms with E-state index in [1.807, 2.05) is 18.5 Å². The Kier molecular flexibility index (Phi) is 17.0. The number of rotatable bonds is 20. The van der Waals surface area contributed by atoms with E-state index in [1.165, 1.54) is 96.3 Å². The summed E-state index contributed by atoms with van der Waals surface area (Å²) >= 11 is 3.53. The second-order valence-electron chi connectivity index (χ2n) is 9.11. The van der Waals surface area contributed by atoms with Crippen LogP contribution >= 0.6 is 15.9 Å².